The fourth-order valence-corrected chi connectivity index (χ4v) is 2.53. The Kier molecular flexibility index (Phi) is 3.69. The van der Waals surface area contributed by atoms with Gasteiger partial charge in [-0.05, 0) is 35.9 Å². The topological polar surface area (TPSA) is 75.4 Å². The second-order valence-electron chi connectivity index (χ2n) is 4.92. The Morgan fingerprint density at radius 3 is 2.91 bits per heavy atom. The second kappa shape index (κ2) is 5.66. The van der Waals surface area contributed by atoms with Gasteiger partial charge < -0.3 is 14.5 Å². The van der Waals surface area contributed by atoms with Crippen LogP contribution < -0.4 is 14.9 Å². The van der Waals surface area contributed by atoms with E-state index in [-0.39, 0.29) is 23.1 Å². The molecule has 0 radical (unpaired) electrons. The summed E-state index contributed by atoms with van der Waals surface area (Å²) in [5.74, 6) is -0.198. The van der Waals surface area contributed by atoms with Gasteiger partial charge in [0.25, 0.3) is 0 Å². The van der Waals surface area contributed by atoms with Crippen molar-refractivity contribution in [2.75, 3.05) is 7.11 Å². The number of benzene rings is 1. The van der Waals surface area contributed by atoms with Crippen LogP contribution in [0.4, 0.5) is 4.39 Å². The number of halogens is 1. The van der Waals surface area contributed by atoms with Gasteiger partial charge in [0.2, 0.25) is 11.8 Å². The van der Waals surface area contributed by atoms with Crippen molar-refractivity contribution in [2.45, 2.75) is 12.7 Å². The number of pyridine rings is 1. The van der Waals surface area contributed by atoms with E-state index < -0.39 is 12.7 Å². The lowest BCUT2D eigenvalue weighted by Crippen LogP contribution is -2.26. The van der Waals surface area contributed by atoms with Crippen LogP contribution >= 0.6 is 0 Å². The molecule has 1 aromatic heterocycles. The maximum atomic E-state index is 14.4. The highest BCUT2D eigenvalue weighted by Gasteiger charge is 2.29. The molecular formula is C15H12BFN2O3. The van der Waals surface area contributed by atoms with Crippen LogP contribution in [0.25, 0.3) is 0 Å². The summed E-state index contributed by atoms with van der Waals surface area (Å²) < 4.78 is 24.9. The molecule has 0 bridgehead atoms. The van der Waals surface area contributed by atoms with E-state index in [9.17, 15) is 9.41 Å². The molecule has 1 N–H and O–H groups in total. The van der Waals surface area contributed by atoms with E-state index in [4.69, 9.17) is 14.7 Å². The molecule has 110 valence electrons. The zero-order valence-electron chi connectivity index (χ0n) is 11.8. The maximum Gasteiger partial charge on any atom is 0.324 e. The van der Waals surface area contributed by atoms with Crippen molar-refractivity contribution in [3.63, 3.8) is 0 Å². The molecule has 0 atom stereocenters. The molecule has 2 aromatic rings. The molecule has 0 spiro atoms. The van der Waals surface area contributed by atoms with E-state index in [1.54, 1.807) is 6.07 Å². The lowest BCUT2D eigenvalue weighted by molar-refractivity contribution is 0.376. The molecule has 7 heteroatoms. The largest absolute Gasteiger partial charge is 0.480 e. The normalized spacial score (nSPS) is 12.7. The second-order valence-corrected chi connectivity index (χ2v) is 4.92. The molecule has 1 aromatic carbocycles. The highest BCUT2D eigenvalue weighted by molar-refractivity contribution is 6.68. The first-order valence-electron chi connectivity index (χ1n) is 6.76. The molecule has 0 aliphatic carbocycles. The average Bonchev–Trinajstić information content (AvgIpc) is 2.92. The molecule has 0 fully saturated rings. The summed E-state index contributed by atoms with van der Waals surface area (Å²) in [5.41, 5.74) is 1.35. The summed E-state index contributed by atoms with van der Waals surface area (Å²) in [7, 11) is 1.39. The Morgan fingerprint density at radius 1 is 1.36 bits per heavy atom. The van der Waals surface area contributed by atoms with Gasteiger partial charge in [-0.25, -0.2) is 4.39 Å². The van der Waals surface area contributed by atoms with E-state index >= 15 is 0 Å². The third kappa shape index (κ3) is 2.38. The molecule has 1 aliphatic rings. The number of hydrogen-bond donors (Lipinski definition) is 1. The minimum atomic E-state index is -0.619. The van der Waals surface area contributed by atoms with Gasteiger partial charge in [-0.2, -0.15) is 10.2 Å². The third-order valence-corrected chi connectivity index (χ3v) is 3.63. The molecule has 0 unspecified atom stereocenters. The quantitative estimate of drug-likeness (QED) is 0.872. The van der Waals surface area contributed by atoms with E-state index in [2.05, 4.69) is 4.98 Å². The average molecular weight is 298 g/mol. The first kappa shape index (κ1) is 14.4. The van der Waals surface area contributed by atoms with E-state index in [1.807, 2.05) is 6.07 Å². The highest BCUT2D eigenvalue weighted by atomic mass is 19.1. The van der Waals surface area contributed by atoms with Gasteiger partial charge in [0.05, 0.1) is 7.11 Å². The lowest BCUT2D eigenvalue weighted by atomic mass is 9.63. The summed E-state index contributed by atoms with van der Waals surface area (Å²) in [6, 6.07) is 8.04. The van der Waals surface area contributed by atoms with E-state index in [0.717, 1.165) is 0 Å². The van der Waals surface area contributed by atoms with E-state index in [1.165, 1.54) is 25.3 Å². The van der Waals surface area contributed by atoms with Crippen molar-refractivity contribution in [3.8, 4) is 23.6 Å². The number of rotatable bonds is 3. The minimum absolute atomic E-state index is 0.0344. The Balaban J connectivity index is 1.93. The Morgan fingerprint density at radius 2 is 2.18 bits per heavy atom. The van der Waals surface area contributed by atoms with Crippen LogP contribution in [0.5, 0.6) is 17.5 Å². The fraction of sp³-hybridized carbons (Fsp3) is 0.200. The SMILES string of the molecule is COc1nc(Oc2ccc3c(c2F)CCB3O)ccc1C#N. The molecule has 5 nitrogen and oxygen atoms in total. The Bertz CT molecular complexity index is 776. The molecular weight excluding hydrogens is 286 g/mol. The molecule has 0 saturated carbocycles. The van der Waals surface area contributed by atoms with Gasteiger partial charge in [0.1, 0.15) is 11.6 Å². The standard InChI is InChI=1S/C15H12BFN2O3/c1-21-15-9(8-18)2-5-13(19-15)22-12-4-3-11-10(14(12)17)6-7-16(11)20/h2-5,20H,6-7H2,1H3. The maximum absolute atomic E-state index is 14.4. The van der Waals surface area contributed by atoms with Crippen LogP contribution in [0.1, 0.15) is 11.1 Å². The highest BCUT2D eigenvalue weighted by Crippen LogP contribution is 2.29. The van der Waals surface area contributed by atoms with Crippen LogP contribution in [0, 0.1) is 17.1 Å². The Hall–Kier alpha value is -2.59. The summed E-state index contributed by atoms with van der Waals surface area (Å²) in [4.78, 5) is 4.02. The number of methoxy groups -OCH3 is 1. The number of fused-ring (bicyclic) bond motifs is 1. The minimum Gasteiger partial charge on any atom is -0.480 e. The summed E-state index contributed by atoms with van der Waals surface area (Å²) >= 11 is 0. The summed E-state index contributed by atoms with van der Waals surface area (Å²) in [6.07, 6.45) is 0.988. The van der Waals surface area contributed by atoms with Gasteiger partial charge in [-0.3, -0.25) is 0 Å². The first-order valence-corrected chi connectivity index (χ1v) is 6.76. The fourth-order valence-electron chi connectivity index (χ4n) is 2.53. The van der Waals surface area contributed by atoms with Gasteiger partial charge in [0, 0.05) is 6.07 Å². The van der Waals surface area contributed by atoms with Gasteiger partial charge >= 0.3 is 6.92 Å². The van der Waals surface area contributed by atoms with Crippen LogP contribution in [0.15, 0.2) is 24.3 Å². The molecule has 1 aliphatic heterocycles. The molecule has 0 saturated heterocycles. The summed E-state index contributed by atoms with van der Waals surface area (Å²) in [6.45, 7) is -0.619. The van der Waals surface area contributed by atoms with Crippen molar-refractivity contribution in [1.29, 1.82) is 5.26 Å². The van der Waals surface area contributed by atoms with Crippen LogP contribution in [-0.4, -0.2) is 24.0 Å². The van der Waals surface area contributed by atoms with Gasteiger partial charge in [-0.1, -0.05) is 6.07 Å². The van der Waals surface area contributed by atoms with Crippen LogP contribution in [-0.2, 0) is 6.42 Å². The predicted molar refractivity (Wildman–Crippen MR) is 78.1 cm³/mol. The van der Waals surface area contributed by atoms with Crippen molar-refractivity contribution in [3.05, 3.63) is 41.2 Å². The van der Waals surface area contributed by atoms with Gasteiger partial charge in [0.15, 0.2) is 11.6 Å². The van der Waals surface area contributed by atoms with Crippen molar-refractivity contribution < 1.29 is 18.9 Å². The van der Waals surface area contributed by atoms with Crippen LogP contribution in [0.3, 0.4) is 0 Å². The smallest absolute Gasteiger partial charge is 0.324 e. The van der Waals surface area contributed by atoms with Crippen molar-refractivity contribution in [2.24, 2.45) is 0 Å². The number of ether oxygens (including phenoxy) is 2. The molecule has 22 heavy (non-hydrogen) atoms. The van der Waals surface area contributed by atoms with E-state index in [0.29, 0.717) is 23.8 Å². The monoisotopic (exact) mass is 298 g/mol. The molecule has 2 heterocycles. The number of nitrogens with zero attached hydrogens (tertiary/aromatic N) is 2. The first-order chi connectivity index (χ1) is 10.6. The van der Waals surface area contributed by atoms with Crippen molar-refractivity contribution >= 4 is 12.4 Å². The zero-order valence-corrected chi connectivity index (χ0v) is 11.8. The number of nitriles is 1. The van der Waals surface area contributed by atoms with Crippen molar-refractivity contribution in [1.82, 2.24) is 4.98 Å². The summed E-state index contributed by atoms with van der Waals surface area (Å²) in [5, 5.41) is 18.7. The third-order valence-electron chi connectivity index (χ3n) is 3.63. The zero-order chi connectivity index (χ0) is 15.7. The van der Waals surface area contributed by atoms with Gasteiger partial charge in [-0.15, -0.1) is 0 Å². The number of aromatic nitrogens is 1. The number of hydrogen-bond acceptors (Lipinski definition) is 5. The predicted octanol–water partition coefficient (Wildman–Crippen LogP) is 1.64. The molecule has 3 rings (SSSR count). The molecule has 0 amide bonds. The Labute approximate surface area is 127 Å². The van der Waals surface area contributed by atoms with Crippen LogP contribution in [0.2, 0.25) is 6.32 Å². The lowest BCUT2D eigenvalue weighted by Gasteiger charge is -2.10.